The number of rotatable bonds is 9. The fourth-order valence-corrected chi connectivity index (χ4v) is 4.14. The summed E-state index contributed by atoms with van der Waals surface area (Å²) in [5.41, 5.74) is 0. The molecule has 16 nitrogen and oxygen atoms in total. The largest absolute Gasteiger partial charge is 0.394 e. The average Bonchev–Trinajstić information content (AvgIpc) is 3.23. The van der Waals surface area contributed by atoms with Gasteiger partial charge in [-0.3, -0.25) is 0 Å². The molecule has 3 saturated heterocycles. The lowest BCUT2D eigenvalue weighted by Gasteiger charge is -2.44. The third-order valence-corrected chi connectivity index (χ3v) is 6.27. The predicted octanol–water partition coefficient (Wildman–Crippen LogP) is -7.57. The number of hydrogen-bond acceptors (Lipinski definition) is 16. The van der Waals surface area contributed by atoms with Gasteiger partial charge in [0.05, 0.1) is 19.8 Å². The summed E-state index contributed by atoms with van der Waals surface area (Å²) < 4.78 is 26.9. The molecule has 3 heterocycles. The van der Waals surface area contributed by atoms with Crippen molar-refractivity contribution in [1.82, 2.24) is 0 Å². The van der Waals surface area contributed by atoms with Crippen LogP contribution in [0.5, 0.6) is 0 Å². The zero-order valence-corrected chi connectivity index (χ0v) is 17.8. The highest BCUT2D eigenvalue weighted by atomic mass is 16.8. The van der Waals surface area contributed by atoms with Crippen LogP contribution in [-0.4, -0.2) is 168 Å². The third kappa shape index (κ3) is 4.71. The molecule has 3 fully saturated rings. The number of ether oxygens (including phenoxy) is 5. The van der Waals surface area contributed by atoms with Crippen molar-refractivity contribution in [2.75, 3.05) is 33.0 Å². The lowest BCUT2D eigenvalue weighted by Crippen LogP contribution is -2.63. The predicted molar refractivity (Wildman–Crippen MR) is 101 cm³/mol. The van der Waals surface area contributed by atoms with E-state index in [0.717, 1.165) is 0 Å². The Labute approximate surface area is 192 Å². The highest BCUT2D eigenvalue weighted by Crippen LogP contribution is 2.39. The van der Waals surface area contributed by atoms with Crippen molar-refractivity contribution in [3.8, 4) is 0 Å². The smallest absolute Gasteiger partial charge is 0.224 e. The van der Waals surface area contributed by atoms with Crippen molar-refractivity contribution in [3.63, 3.8) is 0 Å². The van der Waals surface area contributed by atoms with Gasteiger partial charge in [-0.25, -0.2) is 0 Å². The summed E-state index contributed by atoms with van der Waals surface area (Å²) >= 11 is 0. The van der Waals surface area contributed by atoms with Crippen LogP contribution in [0.4, 0.5) is 0 Å². The molecule has 200 valence electrons. The standard InChI is InChI=1S/C18H32O16/c19-1-6-9(23)12(26)13(27)16(31-6)34-18(15(29)11(25)8(3-21)33-18)5-30-17(4-22)14(28)10(24)7(2-20)32-17/h6-16,19-29H,1-5H2/t6?,7-,8-,9-,10+,11+,12-,13?,14?,15?,16-,17+,18?/m1/s1. The molecule has 0 spiro atoms. The molecule has 0 aromatic carbocycles. The molecule has 5 unspecified atom stereocenters. The Hall–Kier alpha value is -0.640. The highest BCUT2D eigenvalue weighted by Gasteiger charge is 2.62. The average molecular weight is 504 g/mol. The van der Waals surface area contributed by atoms with Crippen LogP contribution in [0.25, 0.3) is 0 Å². The molecule has 34 heavy (non-hydrogen) atoms. The van der Waals surface area contributed by atoms with Crippen LogP contribution in [0.1, 0.15) is 0 Å². The van der Waals surface area contributed by atoms with Gasteiger partial charge in [-0.15, -0.1) is 0 Å². The van der Waals surface area contributed by atoms with Gasteiger partial charge in [0.25, 0.3) is 0 Å². The van der Waals surface area contributed by atoms with Gasteiger partial charge in [0.1, 0.15) is 74.3 Å². The van der Waals surface area contributed by atoms with E-state index in [0.29, 0.717) is 0 Å². The molecule has 3 aliphatic heterocycles. The minimum absolute atomic E-state index is 0.750. The maximum absolute atomic E-state index is 10.7. The maximum Gasteiger partial charge on any atom is 0.224 e. The van der Waals surface area contributed by atoms with Crippen molar-refractivity contribution in [1.29, 1.82) is 0 Å². The molecule has 0 aliphatic carbocycles. The molecule has 0 saturated carbocycles. The Morgan fingerprint density at radius 3 is 1.56 bits per heavy atom. The summed E-state index contributed by atoms with van der Waals surface area (Å²) in [6.45, 7) is -4.40. The van der Waals surface area contributed by atoms with Gasteiger partial charge < -0.3 is 79.9 Å². The van der Waals surface area contributed by atoms with E-state index in [1.165, 1.54) is 0 Å². The first kappa shape index (κ1) is 27.9. The molecular formula is C18H32O16. The van der Waals surface area contributed by atoms with Crippen LogP contribution in [0.2, 0.25) is 0 Å². The van der Waals surface area contributed by atoms with Gasteiger partial charge in [-0.05, 0) is 0 Å². The highest BCUT2D eigenvalue weighted by molar-refractivity contribution is 5.01. The normalized spacial score (nSPS) is 51.8. The van der Waals surface area contributed by atoms with E-state index in [1.807, 2.05) is 0 Å². The second kappa shape index (κ2) is 10.8. The lowest BCUT2D eigenvalue weighted by molar-refractivity contribution is -0.399. The first-order chi connectivity index (χ1) is 16.0. The third-order valence-electron chi connectivity index (χ3n) is 6.27. The molecule has 11 N–H and O–H groups in total. The van der Waals surface area contributed by atoms with Gasteiger partial charge in [-0.2, -0.15) is 0 Å². The van der Waals surface area contributed by atoms with Gasteiger partial charge in [0.15, 0.2) is 6.29 Å². The topological polar surface area (TPSA) is 269 Å². The molecule has 13 atom stereocenters. The zero-order chi connectivity index (χ0) is 25.4. The van der Waals surface area contributed by atoms with Crippen LogP contribution < -0.4 is 0 Å². The first-order valence-electron chi connectivity index (χ1n) is 10.5. The Balaban J connectivity index is 1.87. The van der Waals surface area contributed by atoms with Gasteiger partial charge in [-0.1, -0.05) is 0 Å². The van der Waals surface area contributed by atoms with Crippen molar-refractivity contribution in [2.24, 2.45) is 0 Å². The molecule has 0 bridgehead atoms. The van der Waals surface area contributed by atoms with E-state index in [-0.39, 0.29) is 0 Å². The first-order valence-corrected chi connectivity index (χ1v) is 10.5. The second-order valence-corrected chi connectivity index (χ2v) is 8.43. The summed E-state index contributed by atoms with van der Waals surface area (Å²) in [6.07, 6.45) is -19.0. The maximum atomic E-state index is 10.7. The molecule has 16 heteroatoms. The van der Waals surface area contributed by atoms with Crippen LogP contribution >= 0.6 is 0 Å². The Morgan fingerprint density at radius 1 is 0.588 bits per heavy atom. The molecule has 0 radical (unpaired) electrons. The minimum atomic E-state index is -2.49. The Morgan fingerprint density at radius 2 is 1.09 bits per heavy atom. The van der Waals surface area contributed by atoms with Crippen molar-refractivity contribution in [2.45, 2.75) is 78.9 Å². The van der Waals surface area contributed by atoms with Crippen LogP contribution in [0.15, 0.2) is 0 Å². The van der Waals surface area contributed by atoms with Crippen molar-refractivity contribution in [3.05, 3.63) is 0 Å². The van der Waals surface area contributed by atoms with Gasteiger partial charge in [0.2, 0.25) is 11.6 Å². The quantitative estimate of drug-likeness (QED) is 0.139. The van der Waals surface area contributed by atoms with E-state index in [1.54, 1.807) is 0 Å². The summed E-state index contributed by atoms with van der Waals surface area (Å²) in [6, 6.07) is 0. The summed E-state index contributed by atoms with van der Waals surface area (Å²) in [4.78, 5) is 0. The van der Waals surface area contributed by atoms with Crippen molar-refractivity contribution >= 4 is 0 Å². The van der Waals surface area contributed by atoms with Crippen LogP contribution in [0.3, 0.4) is 0 Å². The molecule has 0 amide bonds. The molecular weight excluding hydrogens is 472 g/mol. The summed E-state index contributed by atoms with van der Waals surface area (Å²) in [5, 5.41) is 109. The van der Waals surface area contributed by atoms with Crippen LogP contribution in [0, 0.1) is 0 Å². The van der Waals surface area contributed by atoms with Gasteiger partial charge >= 0.3 is 0 Å². The Bertz CT molecular complexity index is 668. The number of aliphatic hydroxyl groups is 11. The van der Waals surface area contributed by atoms with E-state index >= 15 is 0 Å². The SMILES string of the molecule is OCC1O[C@H](OC2(CO[C@@]3(CO)O[C@H](CO)[C@H](O)C3O)O[C@H](CO)[C@H](O)C2O)C(O)[C@H](O)[C@@H]1O. The molecule has 0 aromatic heterocycles. The van der Waals surface area contributed by atoms with E-state index < -0.39 is 112 Å². The Kier molecular flexibility index (Phi) is 8.85. The molecule has 3 aliphatic rings. The van der Waals surface area contributed by atoms with Crippen molar-refractivity contribution < 1.29 is 79.9 Å². The molecule has 3 rings (SSSR count). The van der Waals surface area contributed by atoms with E-state index in [4.69, 9.17) is 23.7 Å². The fourth-order valence-electron chi connectivity index (χ4n) is 4.14. The summed E-state index contributed by atoms with van der Waals surface area (Å²) in [7, 11) is 0. The summed E-state index contributed by atoms with van der Waals surface area (Å²) in [5.74, 6) is -4.84. The molecule has 0 aromatic rings. The van der Waals surface area contributed by atoms with E-state index in [2.05, 4.69) is 0 Å². The fraction of sp³-hybridized carbons (Fsp3) is 1.00. The number of hydrogen-bond donors (Lipinski definition) is 11. The zero-order valence-electron chi connectivity index (χ0n) is 17.8. The minimum Gasteiger partial charge on any atom is -0.394 e. The second-order valence-electron chi connectivity index (χ2n) is 8.43. The monoisotopic (exact) mass is 504 g/mol. The van der Waals surface area contributed by atoms with Gasteiger partial charge in [0, 0.05) is 0 Å². The lowest BCUT2D eigenvalue weighted by atomic mass is 9.99. The number of aliphatic hydroxyl groups excluding tert-OH is 11. The van der Waals surface area contributed by atoms with E-state index in [9.17, 15) is 56.2 Å². The van der Waals surface area contributed by atoms with Crippen LogP contribution in [-0.2, 0) is 23.7 Å².